The summed E-state index contributed by atoms with van der Waals surface area (Å²) >= 11 is 7.24. The zero-order valence-corrected chi connectivity index (χ0v) is 12.8. The maximum absolute atomic E-state index is 11.8. The monoisotopic (exact) mass is 302 g/mol. The Bertz CT molecular complexity index is 446. The fraction of sp³-hybridized carbons (Fsp3) is 0.538. The number of thiophene rings is 1. The van der Waals surface area contributed by atoms with Crippen LogP contribution in [0, 0.1) is 6.92 Å². The maximum atomic E-state index is 11.8. The number of carbonyl (C=O) groups excluding carboxylic acids is 2. The van der Waals surface area contributed by atoms with Gasteiger partial charge in [0, 0.05) is 6.42 Å². The largest absolute Gasteiger partial charge is 0.281 e. The molecule has 1 aromatic heterocycles. The summed E-state index contributed by atoms with van der Waals surface area (Å²) < 4.78 is 0. The Morgan fingerprint density at radius 2 is 2.00 bits per heavy atom. The van der Waals surface area contributed by atoms with E-state index in [2.05, 4.69) is 17.8 Å². The van der Waals surface area contributed by atoms with Gasteiger partial charge in [0.1, 0.15) is 4.88 Å². The van der Waals surface area contributed by atoms with Crippen molar-refractivity contribution in [1.29, 1.82) is 0 Å². The lowest BCUT2D eigenvalue weighted by Crippen LogP contribution is -2.41. The molecule has 0 aromatic carbocycles. The van der Waals surface area contributed by atoms with Crippen LogP contribution in [-0.4, -0.2) is 11.8 Å². The normalized spacial score (nSPS) is 10.3. The van der Waals surface area contributed by atoms with E-state index in [0.29, 0.717) is 16.3 Å². The Balaban J connectivity index is 2.30. The molecule has 6 heteroatoms. The molecule has 0 fully saturated rings. The summed E-state index contributed by atoms with van der Waals surface area (Å²) in [4.78, 5) is 23.7. The number of hydrazine groups is 1. The lowest BCUT2D eigenvalue weighted by molar-refractivity contribution is -0.121. The molecular formula is C13H19ClN2O2S. The number of hydrogen-bond donors (Lipinski definition) is 2. The fourth-order valence-corrected chi connectivity index (χ4v) is 2.71. The van der Waals surface area contributed by atoms with Crippen molar-refractivity contribution < 1.29 is 9.59 Å². The van der Waals surface area contributed by atoms with E-state index in [0.717, 1.165) is 31.2 Å². The second-order valence-electron chi connectivity index (χ2n) is 4.37. The fourth-order valence-electron chi connectivity index (χ4n) is 1.54. The molecule has 0 saturated carbocycles. The predicted octanol–water partition coefficient (Wildman–Crippen LogP) is 3.44. The molecule has 2 amide bonds. The molecule has 2 N–H and O–H groups in total. The molecular weight excluding hydrogens is 284 g/mol. The molecule has 19 heavy (non-hydrogen) atoms. The standard InChI is InChI=1S/C13H19ClN2O2S/c1-3-4-5-6-7-10(17)15-16-13(18)12-11(14)9(2)8-19-12/h8H,3-7H2,1-2H3,(H,15,17)(H,16,18). The molecule has 0 saturated heterocycles. The second kappa shape index (κ2) is 8.17. The lowest BCUT2D eigenvalue weighted by atomic mass is 10.1. The van der Waals surface area contributed by atoms with Crippen LogP contribution in [-0.2, 0) is 4.79 Å². The quantitative estimate of drug-likeness (QED) is 0.624. The molecule has 0 radical (unpaired) electrons. The molecule has 0 aliphatic carbocycles. The first-order chi connectivity index (χ1) is 9.06. The minimum atomic E-state index is -0.370. The molecule has 1 aromatic rings. The third-order valence-corrected chi connectivity index (χ3v) is 4.37. The summed E-state index contributed by atoms with van der Waals surface area (Å²) in [6.45, 7) is 3.95. The first kappa shape index (κ1) is 16.0. The zero-order valence-electron chi connectivity index (χ0n) is 11.2. The van der Waals surface area contributed by atoms with Crippen molar-refractivity contribution in [3.8, 4) is 0 Å². The third kappa shape index (κ3) is 5.20. The summed E-state index contributed by atoms with van der Waals surface area (Å²) in [6.07, 6.45) is 4.57. The predicted molar refractivity (Wildman–Crippen MR) is 78.4 cm³/mol. The van der Waals surface area contributed by atoms with Crippen LogP contribution >= 0.6 is 22.9 Å². The molecule has 1 heterocycles. The molecule has 0 spiro atoms. The van der Waals surface area contributed by atoms with Gasteiger partial charge in [-0.1, -0.05) is 37.8 Å². The summed E-state index contributed by atoms with van der Waals surface area (Å²) in [5, 5.41) is 2.25. The SMILES string of the molecule is CCCCCCC(=O)NNC(=O)c1scc(C)c1Cl. The summed E-state index contributed by atoms with van der Waals surface area (Å²) in [5.41, 5.74) is 5.65. The van der Waals surface area contributed by atoms with Crippen molar-refractivity contribution in [2.24, 2.45) is 0 Å². The average Bonchev–Trinajstić information content (AvgIpc) is 2.72. The van der Waals surface area contributed by atoms with E-state index in [1.165, 1.54) is 11.3 Å². The number of carbonyl (C=O) groups is 2. The molecule has 0 unspecified atom stereocenters. The van der Waals surface area contributed by atoms with Crippen LogP contribution in [0.15, 0.2) is 5.38 Å². The van der Waals surface area contributed by atoms with E-state index in [9.17, 15) is 9.59 Å². The van der Waals surface area contributed by atoms with E-state index >= 15 is 0 Å². The Morgan fingerprint density at radius 1 is 1.26 bits per heavy atom. The number of unbranched alkanes of at least 4 members (excludes halogenated alkanes) is 3. The highest BCUT2D eigenvalue weighted by molar-refractivity contribution is 7.13. The van der Waals surface area contributed by atoms with Crippen molar-refractivity contribution in [3.05, 3.63) is 20.8 Å². The van der Waals surface area contributed by atoms with Gasteiger partial charge in [0.2, 0.25) is 5.91 Å². The van der Waals surface area contributed by atoms with Gasteiger partial charge >= 0.3 is 0 Å². The van der Waals surface area contributed by atoms with Gasteiger partial charge in [-0.15, -0.1) is 11.3 Å². The zero-order chi connectivity index (χ0) is 14.3. The van der Waals surface area contributed by atoms with Crippen molar-refractivity contribution in [2.75, 3.05) is 0 Å². The Morgan fingerprint density at radius 3 is 2.58 bits per heavy atom. The van der Waals surface area contributed by atoms with Crippen LogP contribution in [0.2, 0.25) is 5.02 Å². The molecule has 0 aliphatic heterocycles. The highest BCUT2D eigenvalue weighted by Crippen LogP contribution is 2.26. The third-order valence-electron chi connectivity index (χ3n) is 2.68. The van der Waals surface area contributed by atoms with Gasteiger partial charge < -0.3 is 0 Å². The number of halogens is 1. The number of aryl methyl sites for hydroxylation is 1. The minimum Gasteiger partial charge on any atom is -0.273 e. The molecule has 4 nitrogen and oxygen atoms in total. The van der Waals surface area contributed by atoms with Crippen molar-refractivity contribution >= 4 is 34.8 Å². The Hall–Kier alpha value is -1.07. The smallest absolute Gasteiger partial charge is 0.273 e. The van der Waals surface area contributed by atoms with Crippen molar-refractivity contribution in [2.45, 2.75) is 46.0 Å². The first-order valence-electron chi connectivity index (χ1n) is 6.39. The van der Waals surface area contributed by atoms with Crippen molar-refractivity contribution in [3.63, 3.8) is 0 Å². The van der Waals surface area contributed by atoms with E-state index in [1.807, 2.05) is 12.3 Å². The molecule has 0 aliphatic rings. The van der Waals surface area contributed by atoms with Crippen molar-refractivity contribution in [1.82, 2.24) is 10.9 Å². The van der Waals surface area contributed by atoms with Gasteiger partial charge in [-0.3, -0.25) is 20.4 Å². The van der Waals surface area contributed by atoms with Crippen LogP contribution in [0.1, 0.15) is 54.3 Å². The summed E-state index contributed by atoms with van der Waals surface area (Å²) in [6, 6.07) is 0. The van der Waals surface area contributed by atoms with Gasteiger partial charge in [0.25, 0.3) is 5.91 Å². The average molecular weight is 303 g/mol. The summed E-state index contributed by atoms with van der Waals surface area (Å²) in [7, 11) is 0. The highest BCUT2D eigenvalue weighted by atomic mass is 35.5. The highest BCUT2D eigenvalue weighted by Gasteiger charge is 2.14. The van der Waals surface area contributed by atoms with E-state index in [-0.39, 0.29) is 11.8 Å². The van der Waals surface area contributed by atoms with Gasteiger partial charge in [0.05, 0.1) is 5.02 Å². The van der Waals surface area contributed by atoms with Crippen LogP contribution in [0.5, 0.6) is 0 Å². The topological polar surface area (TPSA) is 58.2 Å². The first-order valence-corrected chi connectivity index (χ1v) is 7.64. The number of amides is 2. The summed E-state index contributed by atoms with van der Waals surface area (Å²) in [5.74, 6) is -0.543. The molecule has 0 atom stereocenters. The van der Waals surface area contributed by atoms with E-state index < -0.39 is 0 Å². The van der Waals surface area contributed by atoms with Gasteiger partial charge in [-0.2, -0.15) is 0 Å². The minimum absolute atomic E-state index is 0.172. The Labute approximate surface area is 122 Å². The van der Waals surface area contributed by atoms with Gasteiger partial charge in [-0.25, -0.2) is 0 Å². The lowest BCUT2D eigenvalue weighted by Gasteiger charge is -2.06. The number of nitrogens with one attached hydrogen (secondary N) is 2. The van der Waals surface area contributed by atoms with E-state index in [1.54, 1.807) is 0 Å². The number of rotatable bonds is 6. The second-order valence-corrected chi connectivity index (χ2v) is 5.63. The molecule has 1 rings (SSSR count). The number of hydrogen-bond acceptors (Lipinski definition) is 3. The molecule has 0 bridgehead atoms. The van der Waals surface area contributed by atoms with Gasteiger partial charge in [-0.05, 0) is 24.3 Å². The van der Waals surface area contributed by atoms with Crippen LogP contribution < -0.4 is 10.9 Å². The Kier molecular flexibility index (Phi) is 6.87. The van der Waals surface area contributed by atoms with Crippen LogP contribution in [0.3, 0.4) is 0 Å². The van der Waals surface area contributed by atoms with Gasteiger partial charge in [0.15, 0.2) is 0 Å². The maximum Gasteiger partial charge on any atom is 0.281 e. The van der Waals surface area contributed by atoms with E-state index in [4.69, 9.17) is 11.6 Å². The molecule has 106 valence electrons. The van der Waals surface area contributed by atoms with Crippen LogP contribution in [0.25, 0.3) is 0 Å². The van der Waals surface area contributed by atoms with Crippen LogP contribution in [0.4, 0.5) is 0 Å².